The van der Waals surface area contributed by atoms with E-state index in [2.05, 4.69) is 10.3 Å². The molecule has 3 aromatic rings. The van der Waals surface area contributed by atoms with Crippen LogP contribution in [0.4, 0.5) is 8.78 Å². The highest BCUT2D eigenvalue weighted by Crippen LogP contribution is 2.26. The third kappa shape index (κ3) is 4.71. The van der Waals surface area contributed by atoms with Crippen LogP contribution in [0.3, 0.4) is 0 Å². The first-order chi connectivity index (χ1) is 13.3. The number of hydrogen-bond acceptors (Lipinski definition) is 4. The molecular formula is C19H13ClF2N2O3S. The molecule has 1 amide bonds. The molecule has 2 N–H and O–H groups in total. The van der Waals surface area contributed by atoms with E-state index in [1.807, 2.05) is 6.07 Å². The summed E-state index contributed by atoms with van der Waals surface area (Å²) in [5, 5.41) is 14.4. The van der Waals surface area contributed by atoms with Gasteiger partial charge in [-0.3, -0.25) is 4.79 Å². The van der Waals surface area contributed by atoms with Crippen LogP contribution < -0.4 is 5.32 Å². The monoisotopic (exact) mass is 422 g/mol. The Bertz CT molecular complexity index is 1040. The fourth-order valence-corrected chi connectivity index (χ4v) is 3.53. The summed E-state index contributed by atoms with van der Waals surface area (Å²) in [7, 11) is 0. The van der Waals surface area contributed by atoms with Gasteiger partial charge in [0.25, 0.3) is 0 Å². The van der Waals surface area contributed by atoms with Crippen molar-refractivity contribution in [1.29, 1.82) is 0 Å². The molecule has 0 saturated carbocycles. The van der Waals surface area contributed by atoms with E-state index in [1.54, 1.807) is 23.6 Å². The molecule has 28 heavy (non-hydrogen) atoms. The number of benzene rings is 2. The Balaban J connectivity index is 1.74. The number of nitrogens with one attached hydrogen (secondary N) is 1. The van der Waals surface area contributed by atoms with E-state index in [0.717, 1.165) is 23.8 Å². The molecule has 0 spiro atoms. The van der Waals surface area contributed by atoms with Crippen molar-refractivity contribution in [2.24, 2.45) is 0 Å². The number of carbonyl (C=O) groups excluding carboxylic acids is 1. The molecule has 0 saturated heterocycles. The first-order valence-corrected chi connectivity index (χ1v) is 9.26. The zero-order chi connectivity index (χ0) is 20.3. The Morgan fingerprint density at radius 2 is 2.00 bits per heavy atom. The summed E-state index contributed by atoms with van der Waals surface area (Å²) in [6.45, 7) is 0. The molecule has 0 aliphatic rings. The number of hydrogen-bond donors (Lipinski definition) is 2. The second-order valence-electron chi connectivity index (χ2n) is 5.84. The van der Waals surface area contributed by atoms with Gasteiger partial charge in [-0.15, -0.1) is 11.3 Å². The van der Waals surface area contributed by atoms with Crippen LogP contribution in [0.1, 0.15) is 17.3 Å². The van der Waals surface area contributed by atoms with Crippen molar-refractivity contribution in [3.8, 4) is 10.6 Å². The van der Waals surface area contributed by atoms with Crippen LogP contribution in [0.5, 0.6) is 0 Å². The number of halogens is 3. The molecule has 3 rings (SSSR count). The quantitative estimate of drug-likeness (QED) is 0.623. The molecule has 2 aromatic carbocycles. The predicted molar refractivity (Wildman–Crippen MR) is 101 cm³/mol. The minimum absolute atomic E-state index is 0.211. The highest BCUT2D eigenvalue weighted by molar-refractivity contribution is 7.13. The second kappa shape index (κ2) is 8.45. The molecule has 0 aliphatic carbocycles. The first-order valence-electron chi connectivity index (χ1n) is 8.01. The van der Waals surface area contributed by atoms with Gasteiger partial charge in [-0.1, -0.05) is 23.7 Å². The number of aromatic nitrogens is 1. The molecule has 1 unspecified atom stereocenters. The Kier molecular flexibility index (Phi) is 6.01. The van der Waals surface area contributed by atoms with Gasteiger partial charge in [0.1, 0.15) is 16.6 Å². The average molecular weight is 423 g/mol. The van der Waals surface area contributed by atoms with Crippen molar-refractivity contribution in [2.45, 2.75) is 12.5 Å². The number of amides is 1. The van der Waals surface area contributed by atoms with E-state index < -0.39 is 35.1 Å². The molecule has 1 heterocycles. The van der Waals surface area contributed by atoms with Gasteiger partial charge in [-0.05, 0) is 30.3 Å². The minimum Gasteiger partial charge on any atom is -0.479 e. The van der Waals surface area contributed by atoms with Gasteiger partial charge in [0.05, 0.1) is 12.1 Å². The van der Waals surface area contributed by atoms with E-state index in [4.69, 9.17) is 11.6 Å². The topological polar surface area (TPSA) is 79.3 Å². The van der Waals surface area contributed by atoms with Gasteiger partial charge in [0, 0.05) is 21.5 Å². The van der Waals surface area contributed by atoms with E-state index in [0.29, 0.717) is 15.7 Å². The number of aliphatic carboxylic acids is 1. The molecule has 0 aliphatic heterocycles. The SMILES string of the molecule is O=C(Cc1csc(-c2cccc(Cl)c2)n1)NC(C(=O)O)c1cc(F)ccc1F. The predicted octanol–water partition coefficient (Wildman–Crippen LogP) is 4.23. The molecular weight excluding hydrogens is 410 g/mol. The molecule has 0 radical (unpaired) electrons. The number of carboxylic acid groups (broad SMARTS) is 1. The Hall–Kier alpha value is -2.84. The molecule has 1 aromatic heterocycles. The lowest BCUT2D eigenvalue weighted by Crippen LogP contribution is -2.35. The molecule has 5 nitrogen and oxygen atoms in total. The van der Waals surface area contributed by atoms with Crippen LogP contribution in [0.2, 0.25) is 5.02 Å². The van der Waals surface area contributed by atoms with Gasteiger partial charge in [-0.2, -0.15) is 0 Å². The third-order valence-electron chi connectivity index (χ3n) is 3.79. The maximum absolute atomic E-state index is 13.9. The van der Waals surface area contributed by atoms with Crippen LogP contribution in [-0.2, 0) is 16.0 Å². The number of thiazole rings is 1. The van der Waals surface area contributed by atoms with Crippen LogP contribution in [-0.4, -0.2) is 22.0 Å². The van der Waals surface area contributed by atoms with Gasteiger partial charge in [0.15, 0.2) is 6.04 Å². The largest absolute Gasteiger partial charge is 0.479 e. The summed E-state index contributed by atoms with van der Waals surface area (Å²) in [5.74, 6) is -3.91. The van der Waals surface area contributed by atoms with Crippen LogP contribution in [0.25, 0.3) is 10.6 Å². The standard InChI is InChI=1S/C19H13ClF2N2O3S/c20-11-3-1-2-10(6-11)18-23-13(9-28-18)8-16(25)24-17(19(26)27)14-7-12(21)4-5-15(14)22/h1-7,9,17H,8H2,(H,24,25)(H,26,27). The van der Waals surface area contributed by atoms with Crippen LogP contribution in [0, 0.1) is 11.6 Å². The minimum atomic E-state index is -1.71. The lowest BCUT2D eigenvalue weighted by Gasteiger charge is -2.15. The summed E-state index contributed by atoms with van der Waals surface area (Å²) in [5.41, 5.74) is 0.745. The van der Waals surface area contributed by atoms with Crippen LogP contribution in [0.15, 0.2) is 47.8 Å². The summed E-state index contributed by atoms with van der Waals surface area (Å²) >= 11 is 7.26. The fraction of sp³-hybridized carbons (Fsp3) is 0.105. The van der Waals surface area contributed by atoms with E-state index in [-0.39, 0.29) is 6.42 Å². The smallest absolute Gasteiger partial charge is 0.331 e. The fourth-order valence-electron chi connectivity index (χ4n) is 2.53. The van der Waals surface area contributed by atoms with Crippen molar-refractivity contribution < 1.29 is 23.5 Å². The van der Waals surface area contributed by atoms with Gasteiger partial charge in [0.2, 0.25) is 5.91 Å². The Labute approximate surface area is 167 Å². The number of carbonyl (C=O) groups is 2. The van der Waals surface area contributed by atoms with E-state index >= 15 is 0 Å². The summed E-state index contributed by atoms with van der Waals surface area (Å²) in [6.07, 6.45) is -0.211. The lowest BCUT2D eigenvalue weighted by molar-refractivity contribution is -0.142. The van der Waals surface area contributed by atoms with Crippen molar-refractivity contribution in [3.63, 3.8) is 0 Å². The maximum atomic E-state index is 13.9. The molecule has 1 atom stereocenters. The zero-order valence-corrected chi connectivity index (χ0v) is 15.7. The van der Waals surface area contributed by atoms with E-state index in [9.17, 15) is 23.5 Å². The highest BCUT2D eigenvalue weighted by atomic mass is 35.5. The first kappa shape index (κ1) is 19.9. The van der Waals surface area contributed by atoms with E-state index in [1.165, 1.54) is 11.3 Å². The Morgan fingerprint density at radius 3 is 2.71 bits per heavy atom. The second-order valence-corrected chi connectivity index (χ2v) is 7.13. The Morgan fingerprint density at radius 1 is 1.21 bits per heavy atom. The van der Waals surface area contributed by atoms with Gasteiger partial charge in [-0.25, -0.2) is 18.6 Å². The third-order valence-corrected chi connectivity index (χ3v) is 4.96. The summed E-state index contributed by atoms with van der Waals surface area (Å²) in [6, 6.07) is 7.76. The molecule has 0 fully saturated rings. The molecule has 144 valence electrons. The zero-order valence-electron chi connectivity index (χ0n) is 14.2. The number of rotatable bonds is 6. The van der Waals surface area contributed by atoms with Gasteiger partial charge >= 0.3 is 5.97 Å². The molecule has 0 bridgehead atoms. The summed E-state index contributed by atoms with van der Waals surface area (Å²) < 4.78 is 27.2. The maximum Gasteiger partial charge on any atom is 0.331 e. The molecule has 9 heteroatoms. The number of nitrogens with zero attached hydrogens (tertiary/aromatic N) is 1. The highest BCUT2D eigenvalue weighted by Gasteiger charge is 2.26. The normalized spacial score (nSPS) is 11.8. The number of carboxylic acids is 1. The van der Waals surface area contributed by atoms with Gasteiger partial charge < -0.3 is 10.4 Å². The van der Waals surface area contributed by atoms with Crippen molar-refractivity contribution in [2.75, 3.05) is 0 Å². The van der Waals surface area contributed by atoms with Crippen molar-refractivity contribution >= 4 is 34.8 Å². The lowest BCUT2D eigenvalue weighted by atomic mass is 10.1. The summed E-state index contributed by atoms with van der Waals surface area (Å²) in [4.78, 5) is 28.0. The van der Waals surface area contributed by atoms with Crippen LogP contribution >= 0.6 is 22.9 Å². The average Bonchev–Trinajstić information content (AvgIpc) is 3.10. The van der Waals surface area contributed by atoms with Crippen molar-refractivity contribution in [3.05, 3.63) is 75.8 Å². The van der Waals surface area contributed by atoms with Crippen molar-refractivity contribution in [1.82, 2.24) is 10.3 Å².